The highest BCUT2D eigenvalue weighted by Crippen LogP contribution is 2.39. The smallest absolute Gasteiger partial charge is 0.0471 e. The maximum absolute atomic E-state index is 4.73. The monoisotopic (exact) mass is 325 g/mol. The summed E-state index contributed by atoms with van der Waals surface area (Å²) in [5.74, 6) is 0. The Balaban J connectivity index is 1.98. The van der Waals surface area contributed by atoms with Crippen molar-refractivity contribution in [2.24, 2.45) is 0 Å². The van der Waals surface area contributed by atoms with E-state index in [0.29, 0.717) is 0 Å². The Labute approximate surface area is 145 Å². The van der Waals surface area contributed by atoms with Gasteiger partial charge in [0.1, 0.15) is 0 Å². The minimum Gasteiger partial charge on any atom is -0.354 e. The first-order valence-electron chi connectivity index (χ1n) is 8.03. The highest BCUT2D eigenvalue weighted by molar-refractivity contribution is 7.80. The molecule has 1 nitrogen and oxygen atoms in total. The first-order chi connectivity index (χ1) is 11.8. The third-order valence-electron chi connectivity index (χ3n) is 4.71. The summed E-state index contributed by atoms with van der Waals surface area (Å²) >= 11 is 4.73. The lowest BCUT2D eigenvalue weighted by Crippen LogP contribution is -1.85. The Kier molecular flexibility index (Phi) is 2.94. The lowest BCUT2D eigenvalue weighted by molar-refractivity contribution is 1.50. The van der Waals surface area contributed by atoms with E-state index >= 15 is 0 Å². The average Bonchev–Trinajstić information content (AvgIpc) is 3.01. The number of aromatic nitrogens is 1. The SMILES string of the molecule is Sc1ccc2c(ccc3[nH]c4ccccc4c32)c1-c1ccccc1. The van der Waals surface area contributed by atoms with Crippen LogP contribution in [0, 0.1) is 0 Å². The van der Waals surface area contributed by atoms with Crippen molar-refractivity contribution in [3.8, 4) is 11.1 Å². The molecule has 0 aliphatic carbocycles. The quantitative estimate of drug-likeness (QED) is 0.330. The van der Waals surface area contributed by atoms with E-state index in [4.69, 9.17) is 12.6 Å². The van der Waals surface area contributed by atoms with Crippen molar-refractivity contribution in [1.29, 1.82) is 0 Å². The molecule has 0 spiro atoms. The molecule has 1 aromatic heterocycles. The van der Waals surface area contributed by atoms with Crippen molar-refractivity contribution in [2.75, 3.05) is 0 Å². The van der Waals surface area contributed by atoms with Crippen LogP contribution in [0.3, 0.4) is 0 Å². The Morgan fingerprint density at radius 2 is 1.33 bits per heavy atom. The summed E-state index contributed by atoms with van der Waals surface area (Å²) in [6, 6.07) is 27.6. The number of rotatable bonds is 1. The van der Waals surface area contributed by atoms with E-state index in [2.05, 4.69) is 77.8 Å². The van der Waals surface area contributed by atoms with Crippen molar-refractivity contribution in [3.63, 3.8) is 0 Å². The number of fused-ring (bicyclic) bond motifs is 5. The molecule has 1 N–H and O–H groups in total. The second-order valence-corrected chi connectivity index (χ2v) is 6.56. The molecule has 5 rings (SSSR count). The van der Waals surface area contributed by atoms with Gasteiger partial charge >= 0.3 is 0 Å². The molecular weight excluding hydrogens is 310 g/mol. The molecule has 114 valence electrons. The standard InChI is InChI=1S/C22H15NS/c24-20-13-11-16-15(21(20)14-6-2-1-3-7-14)10-12-19-22(16)17-8-4-5-9-18(17)23-19/h1-13,23-24H. The number of H-pyrrole nitrogens is 1. The Morgan fingerprint density at radius 3 is 2.21 bits per heavy atom. The summed E-state index contributed by atoms with van der Waals surface area (Å²) < 4.78 is 0. The van der Waals surface area contributed by atoms with E-state index in [1.165, 1.54) is 43.7 Å². The van der Waals surface area contributed by atoms with Crippen LogP contribution in [0.4, 0.5) is 0 Å². The van der Waals surface area contributed by atoms with Crippen molar-refractivity contribution in [2.45, 2.75) is 4.90 Å². The van der Waals surface area contributed by atoms with E-state index < -0.39 is 0 Å². The van der Waals surface area contributed by atoms with E-state index in [0.717, 1.165) is 4.90 Å². The number of hydrogen-bond donors (Lipinski definition) is 2. The number of aromatic amines is 1. The summed E-state index contributed by atoms with van der Waals surface area (Å²) in [6.07, 6.45) is 0. The highest BCUT2D eigenvalue weighted by Gasteiger charge is 2.12. The summed E-state index contributed by atoms with van der Waals surface area (Å²) in [4.78, 5) is 4.53. The van der Waals surface area contributed by atoms with Crippen LogP contribution in [0.5, 0.6) is 0 Å². The van der Waals surface area contributed by atoms with E-state index in [1.54, 1.807) is 0 Å². The fraction of sp³-hybridized carbons (Fsp3) is 0. The molecule has 0 aliphatic heterocycles. The number of benzene rings is 4. The van der Waals surface area contributed by atoms with Crippen LogP contribution in [-0.2, 0) is 0 Å². The number of thiol groups is 1. The van der Waals surface area contributed by atoms with Gasteiger partial charge in [0.25, 0.3) is 0 Å². The molecule has 2 heteroatoms. The second kappa shape index (κ2) is 5.15. The fourth-order valence-corrected chi connectivity index (χ4v) is 3.98. The van der Waals surface area contributed by atoms with Crippen molar-refractivity contribution >= 4 is 45.2 Å². The molecule has 0 radical (unpaired) electrons. The molecule has 0 amide bonds. The molecule has 0 aliphatic rings. The topological polar surface area (TPSA) is 15.8 Å². The lowest BCUT2D eigenvalue weighted by atomic mass is 9.95. The van der Waals surface area contributed by atoms with Gasteiger partial charge in [-0.05, 0) is 34.5 Å². The van der Waals surface area contributed by atoms with Gasteiger partial charge in [-0.2, -0.15) is 0 Å². The van der Waals surface area contributed by atoms with Crippen LogP contribution in [0.15, 0.2) is 83.8 Å². The van der Waals surface area contributed by atoms with Gasteiger partial charge < -0.3 is 4.98 Å². The van der Waals surface area contributed by atoms with Crippen LogP contribution < -0.4 is 0 Å². The van der Waals surface area contributed by atoms with E-state index in [9.17, 15) is 0 Å². The summed E-state index contributed by atoms with van der Waals surface area (Å²) in [6.45, 7) is 0. The van der Waals surface area contributed by atoms with Gasteiger partial charge in [0, 0.05) is 32.3 Å². The third kappa shape index (κ3) is 1.90. The predicted molar refractivity (Wildman–Crippen MR) is 106 cm³/mol. The van der Waals surface area contributed by atoms with Gasteiger partial charge in [0.05, 0.1) is 0 Å². The second-order valence-electron chi connectivity index (χ2n) is 6.08. The third-order valence-corrected chi connectivity index (χ3v) is 5.08. The van der Waals surface area contributed by atoms with Crippen molar-refractivity contribution in [1.82, 2.24) is 4.98 Å². The Hall–Kier alpha value is -2.71. The molecule has 0 saturated carbocycles. The largest absolute Gasteiger partial charge is 0.354 e. The molecule has 0 saturated heterocycles. The normalized spacial score (nSPS) is 11.5. The molecule has 0 fully saturated rings. The maximum Gasteiger partial charge on any atom is 0.0471 e. The molecule has 0 atom stereocenters. The first kappa shape index (κ1) is 13.7. The van der Waals surface area contributed by atoms with Crippen LogP contribution in [-0.4, -0.2) is 4.98 Å². The zero-order valence-corrected chi connectivity index (χ0v) is 13.8. The van der Waals surface area contributed by atoms with Crippen molar-refractivity contribution < 1.29 is 0 Å². The summed E-state index contributed by atoms with van der Waals surface area (Å²) in [7, 11) is 0. The minimum atomic E-state index is 1.01. The maximum atomic E-state index is 4.73. The highest BCUT2D eigenvalue weighted by atomic mass is 32.1. The number of nitrogens with one attached hydrogen (secondary N) is 1. The van der Waals surface area contributed by atoms with Gasteiger partial charge in [0.15, 0.2) is 0 Å². The number of hydrogen-bond acceptors (Lipinski definition) is 1. The van der Waals surface area contributed by atoms with Crippen molar-refractivity contribution in [3.05, 3.63) is 78.9 Å². The van der Waals surface area contributed by atoms with Gasteiger partial charge in [-0.3, -0.25) is 0 Å². The lowest BCUT2D eigenvalue weighted by Gasteiger charge is -2.11. The molecule has 0 bridgehead atoms. The van der Waals surface area contributed by atoms with Gasteiger partial charge in [-0.25, -0.2) is 0 Å². The van der Waals surface area contributed by atoms with Gasteiger partial charge in [0.2, 0.25) is 0 Å². The van der Waals surface area contributed by atoms with Crippen LogP contribution >= 0.6 is 12.6 Å². The molecule has 5 aromatic rings. The van der Waals surface area contributed by atoms with Crippen LogP contribution in [0.1, 0.15) is 0 Å². The zero-order chi connectivity index (χ0) is 16.1. The Morgan fingerprint density at radius 1 is 0.583 bits per heavy atom. The zero-order valence-electron chi connectivity index (χ0n) is 13.0. The number of para-hydroxylation sites is 1. The van der Waals surface area contributed by atoms with E-state index in [1.807, 2.05) is 6.07 Å². The average molecular weight is 325 g/mol. The van der Waals surface area contributed by atoms with Crippen LogP contribution in [0.2, 0.25) is 0 Å². The molecule has 24 heavy (non-hydrogen) atoms. The molecule has 0 unspecified atom stereocenters. The van der Waals surface area contributed by atoms with E-state index in [-0.39, 0.29) is 0 Å². The molecule has 4 aromatic carbocycles. The molecular formula is C22H15NS. The van der Waals surface area contributed by atoms with Gasteiger partial charge in [-0.15, -0.1) is 12.6 Å². The summed E-state index contributed by atoms with van der Waals surface area (Å²) in [5, 5.41) is 5.06. The fourth-order valence-electron chi connectivity index (χ4n) is 3.65. The Bertz CT molecular complexity index is 1200. The minimum absolute atomic E-state index is 1.01. The van der Waals surface area contributed by atoms with Crippen LogP contribution in [0.25, 0.3) is 43.7 Å². The predicted octanol–water partition coefficient (Wildman–Crippen LogP) is 6.43. The summed E-state index contributed by atoms with van der Waals surface area (Å²) in [5.41, 5.74) is 4.75. The first-order valence-corrected chi connectivity index (χ1v) is 8.48. The van der Waals surface area contributed by atoms with Gasteiger partial charge in [-0.1, -0.05) is 60.7 Å². The molecule has 1 heterocycles.